The van der Waals surface area contributed by atoms with E-state index in [0.717, 1.165) is 28.1 Å². The fraction of sp³-hybridized carbons (Fsp3) is 0.200. The van der Waals surface area contributed by atoms with E-state index in [2.05, 4.69) is 25.2 Å². The monoisotopic (exact) mass is 416 g/mol. The van der Waals surface area contributed by atoms with E-state index in [1.807, 2.05) is 72.5 Å². The number of hydrogen-bond donors (Lipinski definition) is 1. The molecule has 1 heterocycles. The summed E-state index contributed by atoms with van der Waals surface area (Å²) in [6, 6.07) is 21.3. The van der Waals surface area contributed by atoms with Gasteiger partial charge in [0.1, 0.15) is 5.37 Å². The van der Waals surface area contributed by atoms with Crippen LogP contribution in [0.25, 0.3) is 0 Å². The minimum Gasteiger partial charge on any atom is -0.322 e. The number of rotatable bonds is 4. The maximum atomic E-state index is 12.7. The molecular weight excluding hydrogens is 392 g/mol. The van der Waals surface area contributed by atoms with Crippen molar-refractivity contribution in [2.75, 3.05) is 16.0 Å². The first-order valence-electron chi connectivity index (χ1n) is 9.92. The lowest BCUT2D eigenvalue weighted by Gasteiger charge is -2.26. The van der Waals surface area contributed by atoms with Crippen molar-refractivity contribution in [3.8, 4) is 0 Å². The molecule has 4 rings (SSSR count). The van der Waals surface area contributed by atoms with E-state index < -0.39 is 0 Å². The summed E-state index contributed by atoms with van der Waals surface area (Å²) >= 11 is 1.63. The zero-order chi connectivity index (χ0) is 21.3. The Morgan fingerprint density at radius 3 is 2.37 bits per heavy atom. The van der Waals surface area contributed by atoms with Gasteiger partial charge in [-0.3, -0.25) is 14.5 Å². The molecule has 0 unspecified atom stereocenters. The number of nitrogens with zero attached hydrogens (tertiary/aromatic N) is 1. The Morgan fingerprint density at radius 1 is 0.967 bits per heavy atom. The molecule has 3 aromatic carbocycles. The summed E-state index contributed by atoms with van der Waals surface area (Å²) in [6.45, 7) is 6.11. The summed E-state index contributed by atoms with van der Waals surface area (Å²) in [5.41, 5.74) is 6.78. The van der Waals surface area contributed by atoms with Gasteiger partial charge in [0.25, 0.3) is 5.91 Å². The number of aryl methyl sites for hydroxylation is 2. The van der Waals surface area contributed by atoms with E-state index in [0.29, 0.717) is 11.3 Å². The van der Waals surface area contributed by atoms with Crippen LogP contribution >= 0.6 is 11.8 Å². The Hall–Kier alpha value is -3.05. The van der Waals surface area contributed by atoms with Crippen LogP contribution in [-0.2, 0) is 4.79 Å². The van der Waals surface area contributed by atoms with Crippen LogP contribution in [0.3, 0.4) is 0 Å². The van der Waals surface area contributed by atoms with Crippen molar-refractivity contribution < 1.29 is 9.59 Å². The lowest BCUT2D eigenvalue weighted by atomic mass is 10.1. The highest BCUT2D eigenvalue weighted by Gasteiger charge is 2.34. The van der Waals surface area contributed by atoms with Crippen LogP contribution in [0.4, 0.5) is 11.4 Å². The van der Waals surface area contributed by atoms with Gasteiger partial charge in [0.2, 0.25) is 5.91 Å². The molecule has 0 bridgehead atoms. The molecule has 30 heavy (non-hydrogen) atoms. The highest BCUT2D eigenvalue weighted by atomic mass is 32.2. The molecule has 1 saturated heterocycles. The lowest BCUT2D eigenvalue weighted by molar-refractivity contribution is -0.115. The van der Waals surface area contributed by atoms with Gasteiger partial charge in [0.15, 0.2) is 0 Å². The molecule has 1 aliphatic rings. The van der Waals surface area contributed by atoms with Crippen molar-refractivity contribution in [1.29, 1.82) is 0 Å². The molecule has 1 N–H and O–H groups in total. The molecule has 0 aliphatic carbocycles. The third-order valence-electron chi connectivity index (χ3n) is 5.47. The molecule has 1 atom stereocenters. The lowest BCUT2D eigenvalue weighted by Crippen LogP contribution is -2.28. The molecule has 3 aromatic rings. The Morgan fingerprint density at radius 2 is 1.67 bits per heavy atom. The average molecular weight is 417 g/mol. The molecule has 2 amide bonds. The van der Waals surface area contributed by atoms with Gasteiger partial charge < -0.3 is 5.32 Å². The van der Waals surface area contributed by atoms with Crippen LogP contribution in [0.5, 0.6) is 0 Å². The summed E-state index contributed by atoms with van der Waals surface area (Å²) in [4.78, 5) is 27.0. The molecule has 0 spiro atoms. The third-order valence-corrected chi connectivity index (χ3v) is 6.68. The van der Waals surface area contributed by atoms with Gasteiger partial charge in [-0.15, -0.1) is 11.8 Å². The second-order valence-electron chi connectivity index (χ2n) is 7.59. The van der Waals surface area contributed by atoms with Crippen molar-refractivity contribution in [1.82, 2.24) is 0 Å². The fourth-order valence-electron chi connectivity index (χ4n) is 3.57. The predicted octanol–water partition coefficient (Wildman–Crippen LogP) is 5.64. The largest absolute Gasteiger partial charge is 0.322 e. The van der Waals surface area contributed by atoms with E-state index in [-0.39, 0.29) is 17.2 Å². The standard InChI is InChI=1S/C25H24N2O2S/c1-16-7-9-19(10-8-16)24(29)26-21-13-11-20(12-14-21)25-27(23(28)15-30-25)22-6-4-5-17(2)18(22)3/h4-14,25H,15H2,1-3H3,(H,26,29)/t25-/m1/s1. The van der Waals surface area contributed by atoms with Gasteiger partial charge >= 0.3 is 0 Å². The Balaban J connectivity index is 1.54. The van der Waals surface area contributed by atoms with Crippen LogP contribution in [0.15, 0.2) is 66.7 Å². The third kappa shape index (κ3) is 3.98. The number of hydrogen-bond acceptors (Lipinski definition) is 3. The van der Waals surface area contributed by atoms with Crippen molar-refractivity contribution >= 4 is 35.0 Å². The number of anilines is 2. The summed E-state index contributed by atoms with van der Waals surface area (Å²) in [5.74, 6) is 0.449. The summed E-state index contributed by atoms with van der Waals surface area (Å²) in [6.07, 6.45) is 0. The molecule has 0 radical (unpaired) electrons. The molecule has 4 nitrogen and oxygen atoms in total. The summed E-state index contributed by atoms with van der Waals surface area (Å²) in [7, 11) is 0. The highest BCUT2D eigenvalue weighted by molar-refractivity contribution is 8.00. The molecule has 5 heteroatoms. The molecular formula is C25H24N2O2S. The van der Waals surface area contributed by atoms with Gasteiger partial charge in [-0.1, -0.05) is 42.0 Å². The van der Waals surface area contributed by atoms with Crippen LogP contribution < -0.4 is 10.2 Å². The Kier molecular flexibility index (Phi) is 5.64. The van der Waals surface area contributed by atoms with Crippen LogP contribution in [0, 0.1) is 20.8 Å². The first-order valence-corrected chi connectivity index (χ1v) is 11.0. The maximum absolute atomic E-state index is 12.7. The van der Waals surface area contributed by atoms with E-state index in [1.54, 1.807) is 11.8 Å². The Bertz CT molecular complexity index is 1090. The van der Waals surface area contributed by atoms with E-state index in [1.165, 1.54) is 5.56 Å². The van der Waals surface area contributed by atoms with Crippen molar-refractivity contribution in [2.45, 2.75) is 26.1 Å². The van der Waals surface area contributed by atoms with Gasteiger partial charge in [0.05, 0.1) is 5.75 Å². The first-order chi connectivity index (χ1) is 14.4. The zero-order valence-electron chi connectivity index (χ0n) is 17.3. The van der Waals surface area contributed by atoms with E-state index in [4.69, 9.17) is 0 Å². The van der Waals surface area contributed by atoms with Crippen molar-refractivity contribution in [3.05, 3.63) is 94.5 Å². The number of amides is 2. The van der Waals surface area contributed by atoms with Gasteiger partial charge in [0, 0.05) is 16.9 Å². The molecule has 0 aromatic heterocycles. The topological polar surface area (TPSA) is 49.4 Å². The van der Waals surface area contributed by atoms with Gasteiger partial charge in [-0.2, -0.15) is 0 Å². The van der Waals surface area contributed by atoms with Crippen LogP contribution in [-0.4, -0.2) is 17.6 Å². The van der Waals surface area contributed by atoms with E-state index >= 15 is 0 Å². The first kappa shape index (κ1) is 20.2. The number of nitrogens with one attached hydrogen (secondary N) is 1. The van der Waals surface area contributed by atoms with Crippen molar-refractivity contribution in [3.63, 3.8) is 0 Å². The SMILES string of the molecule is Cc1ccc(C(=O)Nc2ccc([C@H]3SCC(=O)N3c3cccc(C)c3C)cc2)cc1. The second kappa shape index (κ2) is 8.36. The number of thioether (sulfide) groups is 1. The normalized spacial score (nSPS) is 16.0. The van der Waals surface area contributed by atoms with Gasteiger partial charge in [-0.25, -0.2) is 0 Å². The maximum Gasteiger partial charge on any atom is 0.255 e. The number of benzene rings is 3. The summed E-state index contributed by atoms with van der Waals surface area (Å²) < 4.78 is 0. The molecule has 1 aliphatic heterocycles. The smallest absolute Gasteiger partial charge is 0.255 e. The zero-order valence-corrected chi connectivity index (χ0v) is 18.1. The van der Waals surface area contributed by atoms with Gasteiger partial charge in [-0.05, 0) is 67.8 Å². The minimum atomic E-state index is -0.134. The second-order valence-corrected chi connectivity index (χ2v) is 8.66. The predicted molar refractivity (Wildman–Crippen MR) is 124 cm³/mol. The average Bonchev–Trinajstić information content (AvgIpc) is 3.12. The van der Waals surface area contributed by atoms with E-state index in [9.17, 15) is 9.59 Å². The quantitative estimate of drug-likeness (QED) is 0.598. The van der Waals surface area contributed by atoms with Crippen LogP contribution in [0.2, 0.25) is 0 Å². The molecule has 152 valence electrons. The van der Waals surface area contributed by atoms with Crippen LogP contribution in [0.1, 0.15) is 38.0 Å². The molecule has 0 saturated carbocycles. The number of carbonyl (C=O) groups excluding carboxylic acids is 2. The Labute approximate surface area is 181 Å². The fourth-order valence-corrected chi connectivity index (χ4v) is 4.74. The minimum absolute atomic E-state index is 0.0696. The number of carbonyl (C=O) groups is 2. The highest BCUT2D eigenvalue weighted by Crippen LogP contribution is 2.43. The summed E-state index contributed by atoms with van der Waals surface area (Å²) in [5, 5.41) is 2.87. The molecule has 1 fully saturated rings. The van der Waals surface area contributed by atoms with Crippen molar-refractivity contribution in [2.24, 2.45) is 0 Å².